The Bertz CT molecular complexity index is 424. The van der Waals surface area contributed by atoms with E-state index in [1.54, 1.807) is 7.11 Å². The Balaban J connectivity index is 2.43. The van der Waals surface area contributed by atoms with Crippen LogP contribution in [-0.4, -0.2) is 12.6 Å². The summed E-state index contributed by atoms with van der Waals surface area (Å²) in [5.41, 5.74) is 9.89. The number of nitrogens with two attached hydrogens (primary N) is 1. The molecule has 0 atom stereocenters. The second kappa shape index (κ2) is 4.04. The van der Waals surface area contributed by atoms with Gasteiger partial charge in [0.05, 0.1) is 7.11 Å². The molecule has 0 unspecified atom stereocenters. The Morgan fingerprint density at radius 2 is 2.06 bits per heavy atom. The lowest BCUT2D eigenvalue weighted by molar-refractivity contribution is 0.407. The molecule has 2 rings (SSSR count). The molecule has 0 radical (unpaired) electrons. The highest BCUT2D eigenvalue weighted by atomic mass is 79.9. The van der Waals surface area contributed by atoms with Crippen molar-refractivity contribution in [1.29, 1.82) is 0 Å². The van der Waals surface area contributed by atoms with Crippen LogP contribution in [0.1, 0.15) is 29.5 Å². The molecule has 0 saturated heterocycles. The molecule has 0 aromatic heterocycles. The van der Waals surface area contributed by atoms with E-state index in [2.05, 4.69) is 35.8 Å². The largest absolute Gasteiger partial charge is 0.496 e. The standard InChI is InChI=1S/C13H18BrNO/c1-8-6-11(14)10(7-13(15)4-5-13)9(2)12(8)16-3/h6H,4-5,7,15H2,1-3H3. The Morgan fingerprint density at radius 1 is 1.44 bits per heavy atom. The van der Waals surface area contributed by atoms with Gasteiger partial charge >= 0.3 is 0 Å². The number of benzene rings is 1. The van der Waals surface area contributed by atoms with Crippen LogP contribution < -0.4 is 10.5 Å². The van der Waals surface area contributed by atoms with Crippen molar-refractivity contribution in [3.05, 3.63) is 27.2 Å². The summed E-state index contributed by atoms with van der Waals surface area (Å²) in [5, 5.41) is 0. The van der Waals surface area contributed by atoms with Gasteiger partial charge in [-0.1, -0.05) is 15.9 Å². The van der Waals surface area contributed by atoms with E-state index in [0.29, 0.717) is 0 Å². The van der Waals surface area contributed by atoms with E-state index in [1.807, 2.05) is 0 Å². The fourth-order valence-electron chi connectivity index (χ4n) is 2.18. The van der Waals surface area contributed by atoms with E-state index in [9.17, 15) is 0 Å². The number of hydrogen-bond acceptors (Lipinski definition) is 2. The van der Waals surface area contributed by atoms with Gasteiger partial charge in [-0.15, -0.1) is 0 Å². The number of aryl methyl sites for hydroxylation is 1. The minimum absolute atomic E-state index is 0.0353. The van der Waals surface area contributed by atoms with Crippen molar-refractivity contribution >= 4 is 15.9 Å². The normalized spacial score (nSPS) is 17.3. The maximum Gasteiger partial charge on any atom is 0.125 e. The lowest BCUT2D eigenvalue weighted by Gasteiger charge is -2.18. The molecule has 0 aliphatic heterocycles. The topological polar surface area (TPSA) is 35.2 Å². The molecule has 0 bridgehead atoms. The molecular formula is C13H18BrNO. The van der Waals surface area contributed by atoms with Gasteiger partial charge in [0, 0.05) is 10.0 Å². The highest BCUT2D eigenvalue weighted by molar-refractivity contribution is 9.10. The molecule has 88 valence electrons. The molecule has 2 nitrogen and oxygen atoms in total. The third-order valence-corrected chi connectivity index (χ3v) is 4.12. The zero-order valence-electron chi connectivity index (χ0n) is 10.1. The molecule has 1 aliphatic rings. The molecule has 1 saturated carbocycles. The lowest BCUT2D eigenvalue weighted by atomic mass is 9.97. The van der Waals surface area contributed by atoms with Crippen LogP contribution in [0.4, 0.5) is 0 Å². The number of ether oxygens (including phenoxy) is 1. The monoisotopic (exact) mass is 283 g/mol. The predicted octanol–water partition coefficient (Wildman–Crippen LogP) is 3.11. The first kappa shape index (κ1) is 11.9. The van der Waals surface area contributed by atoms with Crippen LogP contribution in [0.5, 0.6) is 5.75 Å². The minimum atomic E-state index is 0.0353. The fourth-order valence-corrected chi connectivity index (χ4v) is 2.96. The first-order chi connectivity index (χ1) is 7.47. The fraction of sp³-hybridized carbons (Fsp3) is 0.538. The molecule has 1 fully saturated rings. The van der Waals surface area contributed by atoms with Gasteiger partial charge in [0.15, 0.2) is 0 Å². The first-order valence-corrected chi connectivity index (χ1v) is 6.37. The van der Waals surface area contributed by atoms with Crippen molar-refractivity contribution in [2.24, 2.45) is 5.73 Å². The highest BCUT2D eigenvalue weighted by Crippen LogP contribution is 2.40. The predicted molar refractivity (Wildman–Crippen MR) is 70.0 cm³/mol. The van der Waals surface area contributed by atoms with Gasteiger partial charge in [-0.3, -0.25) is 0 Å². The Labute approximate surface area is 105 Å². The third kappa shape index (κ3) is 2.11. The van der Waals surface area contributed by atoms with Crippen LogP contribution in [0.3, 0.4) is 0 Å². The molecule has 1 aromatic carbocycles. The molecule has 3 heteroatoms. The summed E-state index contributed by atoms with van der Waals surface area (Å²) in [6, 6.07) is 2.12. The average Bonchev–Trinajstić information content (AvgIpc) is 2.92. The van der Waals surface area contributed by atoms with Gasteiger partial charge in [0.25, 0.3) is 0 Å². The van der Waals surface area contributed by atoms with Crippen molar-refractivity contribution < 1.29 is 4.74 Å². The van der Waals surface area contributed by atoms with Crippen LogP contribution >= 0.6 is 15.9 Å². The van der Waals surface area contributed by atoms with Crippen LogP contribution in [0, 0.1) is 13.8 Å². The number of rotatable bonds is 3. The summed E-state index contributed by atoms with van der Waals surface area (Å²) in [6.45, 7) is 4.17. The zero-order chi connectivity index (χ0) is 11.9. The summed E-state index contributed by atoms with van der Waals surface area (Å²) in [4.78, 5) is 0. The summed E-state index contributed by atoms with van der Waals surface area (Å²) in [6.07, 6.45) is 3.21. The van der Waals surface area contributed by atoms with Gasteiger partial charge < -0.3 is 10.5 Å². The van der Waals surface area contributed by atoms with Crippen molar-refractivity contribution in [3.8, 4) is 5.75 Å². The molecule has 0 amide bonds. The van der Waals surface area contributed by atoms with Crippen molar-refractivity contribution in [1.82, 2.24) is 0 Å². The SMILES string of the molecule is COc1c(C)cc(Br)c(CC2(N)CC2)c1C. The molecule has 2 N–H and O–H groups in total. The molecule has 1 aliphatic carbocycles. The summed E-state index contributed by atoms with van der Waals surface area (Å²) < 4.78 is 6.60. The number of hydrogen-bond donors (Lipinski definition) is 1. The van der Waals surface area contributed by atoms with E-state index in [4.69, 9.17) is 10.5 Å². The minimum Gasteiger partial charge on any atom is -0.496 e. The van der Waals surface area contributed by atoms with E-state index in [0.717, 1.165) is 35.0 Å². The summed E-state index contributed by atoms with van der Waals surface area (Å²) >= 11 is 3.63. The van der Waals surface area contributed by atoms with Gasteiger partial charge in [-0.2, -0.15) is 0 Å². The van der Waals surface area contributed by atoms with E-state index in [1.165, 1.54) is 11.1 Å². The zero-order valence-corrected chi connectivity index (χ0v) is 11.6. The van der Waals surface area contributed by atoms with Crippen molar-refractivity contribution in [2.75, 3.05) is 7.11 Å². The second-order valence-corrected chi connectivity index (χ2v) is 5.71. The van der Waals surface area contributed by atoms with Crippen LogP contribution in [0.15, 0.2) is 10.5 Å². The Morgan fingerprint density at radius 3 is 2.56 bits per heavy atom. The summed E-state index contributed by atoms with van der Waals surface area (Å²) in [5.74, 6) is 0.988. The van der Waals surface area contributed by atoms with Crippen LogP contribution in [0.25, 0.3) is 0 Å². The number of halogens is 1. The maximum absolute atomic E-state index is 6.18. The van der Waals surface area contributed by atoms with Gasteiger partial charge in [-0.05, 0) is 55.9 Å². The summed E-state index contributed by atoms with van der Waals surface area (Å²) in [7, 11) is 1.72. The van der Waals surface area contributed by atoms with Crippen molar-refractivity contribution in [2.45, 2.75) is 38.6 Å². The van der Waals surface area contributed by atoms with E-state index < -0.39 is 0 Å². The van der Waals surface area contributed by atoms with E-state index in [-0.39, 0.29) is 5.54 Å². The van der Waals surface area contributed by atoms with E-state index >= 15 is 0 Å². The Hall–Kier alpha value is -0.540. The van der Waals surface area contributed by atoms with Gasteiger partial charge in [0.2, 0.25) is 0 Å². The van der Waals surface area contributed by atoms with Crippen LogP contribution in [0.2, 0.25) is 0 Å². The molecule has 0 spiro atoms. The molecular weight excluding hydrogens is 266 g/mol. The smallest absolute Gasteiger partial charge is 0.125 e. The van der Waals surface area contributed by atoms with Gasteiger partial charge in [-0.25, -0.2) is 0 Å². The van der Waals surface area contributed by atoms with Crippen molar-refractivity contribution in [3.63, 3.8) is 0 Å². The van der Waals surface area contributed by atoms with Crippen LogP contribution in [-0.2, 0) is 6.42 Å². The molecule has 0 heterocycles. The van der Waals surface area contributed by atoms with Gasteiger partial charge in [0.1, 0.15) is 5.75 Å². The lowest BCUT2D eigenvalue weighted by Crippen LogP contribution is -2.25. The average molecular weight is 284 g/mol. The second-order valence-electron chi connectivity index (χ2n) is 4.85. The quantitative estimate of drug-likeness (QED) is 0.925. The molecule has 1 aromatic rings. The highest BCUT2D eigenvalue weighted by Gasteiger charge is 2.39. The molecule has 16 heavy (non-hydrogen) atoms. The number of methoxy groups -OCH3 is 1. The Kier molecular flexibility index (Phi) is 3.01. The first-order valence-electron chi connectivity index (χ1n) is 5.58. The maximum atomic E-state index is 6.18. The third-order valence-electron chi connectivity index (χ3n) is 3.41.